The lowest BCUT2D eigenvalue weighted by Gasteiger charge is -2.26. The molecule has 1 aromatic carbocycles. The number of amides is 1. The molecule has 0 unspecified atom stereocenters. The van der Waals surface area contributed by atoms with Crippen LogP contribution in [0.3, 0.4) is 0 Å². The van der Waals surface area contributed by atoms with Gasteiger partial charge in [0.05, 0.1) is 11.7 Å². The second-order valence-corrected chi connectivity index (χ2v) is 6.60. The zero-order chi connectivity index (χ0) is 17.7. The molecule has 1 heterocycles. The van der Waals surface area contributed by atoms with Crippen molar-refractivity contribution in [3.8, 4) is 5.88 Å². The van der Waals surface area contributed by atoms with Crippen molar-refractivity contribution < 1.29 is 13.9 Å². The van der Waals surface area contributed by atoms with E-state index in [1.165, 1.54) is 12.3 Å². The summed E-state index contributed by atoms with van der Waals surface area (Å²) in [6, 6.07) is 9.93. The molecule has 1 N–H and O–H groups in total. The minimum atomic E-state index is -0.519. The summed E-state index contributed by atoms with van der Waals surface area (Å²) in [4.78, 5) is 16.4. The molecule has 128 valence electrons. The third-order valence-electron chi connectivity index (χ3n) is 3.65. The standard InChI is InChI=1S/C19H23FN2O2/c1-13(2)24-17-10-9-14(11-21-17)18(23)22-12-19(3,4)15-7-5-6-8-16(15)20/h5-11,13H,12H2,1-4H3,(H,22,23). The highest BCUT2D eigenvalue weighted by molar-refractivity contribution is 5.93. The number of benzene rings is 1. The van der Waals surface area contributed by atoms with Crippen molar-refractivity contribution in [2.45, 2.75) is 39.2 Å². The maximum atomic E-state index is 13.9. The molecule has 0 fully saturated rings. The number of aromatic nitrogens is 1. The molecule has 0 saturated carbocycles. The van der Waals surface area contributed by atoms with Crippen molar-refractivity contribution in [2.75, 3.05) is 6.54 Å². The summed E-state index contributed by atoms with van der Waals surface area (Å²) < 4.78 is 19.4. The Hall–Kier alpha value is -2.43. The Balaban J connectivity index is 2.01. The monoisotopic (exact) mass is 330 g/mol. The normalized spacial score (nSPS) is 11.4. The molecule has 0 aliphatic heterocycles. The average molecular weight is 330 g/mol. The summed E-state index contributed by atoms with van der Waals surface area (Å²) in [5, 5.41) is 2.84. The molecule has 1 amide bonds. The molecular formula is C19H23FN2O2. The van der Waals surface area contributed by atoms with Crippen LogP contribution in [-0.2, 0) is 5.41 Å². The van der Waals surface area contributed by atoms with E-state index in [0.29, 0.717) is 23.6 Å². The minimum Gasteiger partial charge on any atom is -0.475 e. The smallest absolute Gasteiger partial charge is 0.252 e. The number of hydrogen-bond donors (Lipinski definition) is 1. The number of hydrogen-bond acceptors (Lipinski definition) is 3. The number of ether oxygens (including phenoxy) is 1. The number of nitrogens with zero attached hydrogens (tertiary/aromatic N) is 1. The average Bonchev–Trinajstić information content (AvgIpc) is 2.53. The zero-order valence-electron chi connectivity index (χ0n) is 14.5. The third-order valence-corrected chi connectivity index (χ3v) is 3.65. The lowest BCUT2D eigenvalue weighted by molar-refractivity contribution is 0.0945. The van der Waals surface area contributed by atoms with Crippen LogP contribution in [0.5, 0.6) is 5.88 Å². The number of rotatable bonds is 6. The van der Waals surface area contributed by atoms with Crippen LogP contribution in [0.2, 0.25) is 0 Å². The maximum absolute atomic E-state index is 13.9. The van der Waals surface area contributed by atoms with Crippen LogP contribution in [-0.4, -0.2) is 23.5 Å². The van der Waals surface area contributed by atoms with Crippen molar-refractivity contribution in [3.63, 3.8) is 0 Å². The van der Waals surface area contributed by atoms with Crippen molar-refractivity contribution >= 4 is 5.91 Å². The van der Waals surface area contributed by atoms with E-state index >= 15 is 0 Å². The molecule has 0 spiro atoms. The molecule has 0 atom stereocenters. The van der Waals surface area contributed by atoms with Crippen molar-refractivity contribution in [3.05, 3.63) is 59.5 Å². The second kappa shape index (κ2) is 7.43. The Labute approximate surface area is 142 Å². The maximum Gasteiger partial charge on any atom is 0.252 e. The summed E-state index contributed by atoms with van der Waals surface area (Å²) in [6.07, 6.45) is 1.50. The Morgan fingerprint density at radius 1 is 1.25 bits per heavy atom. The second-order valence-electron chi connectivity index (χ2n) is 6.60. The van der Waals surface area contributed by atoms with Crippen molar-refractivity contribution in [1.29, 1.82) is 0 Å². The summed E-state index contributed by atoms with van der Waals surface area (Å²) in [5.74, 6) is -0.0372. The van der Waals surface area contributed by atoms with Gasteiger partial charge in [0.2, 0.25) is 5.88 Å². The van der Waals surface area contributed by atoms with E-state index in [-0.39, 0.29) is 17.8 Å². The van der Waals surface area contributed by atoms with Gasteiger partial charge in [0.25, 0.3) is 5.91 Å². The molecule has 0 aliphatic carbocycles. The van der Waals surface area contributed by atoms with E-state index in [0.717, 1.165) is 0 Å². The lowest BCUT2D eigenvalue weighted by atomic mass is 9.84. The van der Waals surface area contributed by atoms with Crippen LogP contribution in [0.15, 0.2) is 42.6 Å². The van der Waals surface area contributed by atoms with Crippen LogP contribution < -0.4 is 10.1 Å². The first-order chi connectivity index (χ1) is 11.3. The summed E-state index contributed by atoms with van der Waals surface area (Å²) >= 11 is 0. The van der Waals surface area contributed by atoms with E-state index in [1.54, 1.807) is 30.3 Å². The summed E-state index contributed by atoms with van der Waals surface area (Å²) in [6.45, 7) is 7.92. The van der Waals surface area contributed by atoms with Crippen LogP contribution in [0.25, 0.3) is 0 Å². The minimum absolute atomic E-state index is 0.0266. The van der Waals surface area contributed by atoms with Gasteiger partial charge in [-0.25, -0.2) is 9.37 Å². The van der Waals surface area contributed by atoms with Crippen LogP contribution in [0.1, 0.15) is 43.6 Å². The molecule has 4 nitrogen and oxygen atoms in total. The molecule has 0 aliphatic rings. The van der Waals surface area contributed by atoms with E-state index in [4.69, 9.17) is 4.74 Å². The van der Waals surface area contributed by atoms with Crippen LogP contribution >= 0.6 is 0 Å². The highest BCUT2D eigenvalue weighted by atomic mass is 19.1. The molecular weight excluding hydrogens is 307 g/mol. The van der Waals surface area contributed by atoms with E-state index in [1.807, 2.05) is 27.7 Å². The highest BCUT2D eigenvalue weighted by Gasteiger charge is 2.24. The first-order valence-electron chi connectivity index (χ1n) is 7.95. The molecule has 0 radical (unpaired) electrons. The number of carbonyl (C=O) groups excluding carboxylic acids is 1. The zero-order valence-corrected chi connectivity index (χ0v) is 14.5. The number of carbonyl (C=O) groups is 1. The SMILES string of the molecule is CC(C)Oc1ccc(C(=O)NCC(C)(C)c2ccccc2F)cn1. The first kappa shape index (κ1) is 17.9. The van der Waals surface area contributed by atoms with E-state index < -0.39 is 5.41 Å². The number of pyridine rings is 1. The molecule has 0 saturated heterocycles. The van der Waals surface area contributed by atoms with Gasteiger partial charge < -0.3 is 10.1 Å². The van der Waals surface area contributed by atoms with Gasteiger partial charge in [-0.15, -0.1) is 0 Å². The molecule has 5 heteroatoms. The van der Waals surface area contributed by atoms with Gasteiger partial charge in [-0.1, -0.05) is 32.0 Å². The Bertz CT molecular complexity index is 697. The molecule has 1 aromatic heterocycles. The summed E-state index contributed by atoms with van der Waals surface area (Å²) in [7, 11) is 0. The van der Waals surface area contributed by atoms with Gasteiger partial charge in [0.1, 0.15) is 5.82 Å². The summed E-state index contributed by atoms with van der Waals surface area (Å²) in [5.41, 5.74) is 0.495. The Kier molecular flexibility index (Phi) is 5.54. The lowest BCUT2D eigenvalue weighted by Crippen LogP contribution is -2.37. The predicted octanol–water partition coefficient (Wildman–Crippen LogP) is 3.72. The third kappa shape index (κ3) is 4.54. The highest BCUT2D eigenvalue weighted by Crippen LogP contribution is 2.25. The topological polar surface area (TPSA) is 51.2 Å². The quantitative estimate of drug-likeness (QED) is 0.878. The van der Waals surface area contributed by atoms with E-state index in [9.17, 15) is 9.18 Å². The van der Waals surface area contributed by atoms with Gasteiger partial charge in [0, 0.05) is 24.2 Å². The molecule has 24 heavy (non-hydrogen) atoms. The van der Waals surface area contributed by atoms with Gasteiger partial charge in [-0.2, -0.15) is 0 Å². The van der Waals surface area contributed by atoms with Crippen molar-refractivity contribution in [2.24, 2.45) is 0 Å². The van der Waals surface area contributed by atoms with Gasteiger partial charge in [-0.05, 0) is 31.5 Å². The number of nitrogens with one attached hydrogen (secondary N) is 1. The fourth-order valence-corrected chi connectivity index (χ4v) is 2.33. The van der Waals surface area contributed by atoms with Gasteiger partial charge >= 0.3 is 0 Å². The Morgan fingerprint density at radius 3 is 2.54 bits per heavy atom. The fraction of sp³-hybridized carbons (Fsp3) is 0.368. The fourth-order valence-electron chi connectivity index (χ4n) is 2.33. The Morgan fingerprint density at radius 2 is 1.96 bits per heavy atom. The van der Waals surface area contributed by atoms with Crippen molar-refractivity contribution in [1.82, 2.24) is 10.3 Å². The van der Waals surface area contributed by atoms with Gasteiger partial charge in [0.15, 0.2) is 0 Å². The first-order valence-corrected chi connectivity index (χ1v) is 7.95. The largest absolute Gasteiger partial charge is 0.475 e. The molecule has 0 bridgehead atoms. The van der Waals surface area contributed by atoms with Crippen LogP contribution in [0, 0.1) is 5.82 Å². The van der Waals surface area contributed by atoms with Crippen LogP contribution in [0.4, 0.5) is 4.39 Å². The predicted molar refractivity (Wildman–Crippen MR) is 91.8 cm³/mol. The molecule has 2 rings (SSSR count). The van der Waals surface area contributed by atoms with Gasteiger partial charge in [-0.3, -0.25) is 4.79 Å². The number of halogens is 1. The van der Waals surface area contributed by atoms with E-state index in [2.05, 4.69) is 10.3 Å². The molecule has 2 aromatic rings.